The Morgan fingerprint density at radius 1 is 1.29 bits per heavy atom. The molecular weight excluding hydrogens is 178 g/mol. The summed E-state index contributed by atoms with van der Waals surface area (Å²) in [5, 5.41) is 9.49. The molecule has 0 amide bonds. The zero-order valence-electron chi connectivity index (χ0n) is 8.41. The highest BCUT2D eigenvalue weighted by atomic mass is 16.3. The Morgan fingerprint density at radius 3 is 2.86 bits per heavy atom. The Hall–Kier alpha value is -0.830. The summed E-state index contributed by atoms with van der Waals surface area (Å²) in [6.07, 6.45) is 5.98. The number of carbonyl (C=O) groups is 1. The Morgan fingerprint density at radius 2 is 2.14 bits per heavy atom. The van der Waals surface area contributed by atoms with Gasteiger partial charge in [-0.05, 0) is 25.7 Å². The minimum Gasteiger partial charge on any atom is -0.393 e. The summed E-state index contributed by atoms with van der Waals surface area (Å²) in [4.78, 5) is 13.4. The molecule has 0 aromatic carbocycles. The molecule has 0 aromatic heterocycles. The van der Waals surface area contributed by atoms with Gasteiger partial charge in [0.15, 0.2) is 5.78 Å². The molecule has 1 N–H and O–H groups in total. The standard InChI is InChI=1S/C11H17NO2/c13-10-2-1-6-12(7-5-10)9-3-4-11(14)8-9/h8,10,13H,1-7H2. The first-order chi connectivity index (χ1) is 6.75. The summed E-state index contributed by atoms with van der Waals surface area (Å²) >= 11 is 0. The molecule has 1 aliphatic carbocycles. The second-order valence-electron chi connectivity index (χ2n) is 4.17. The zero-order valence-corrected chi connectivity index (χ0v) is 8.41. The smallest absolute Gasteiger partial charge is 0.157 e. The number of likely N-dealkylation sites (tertiary alicyclic amines) is 1. The van der Waals surface area contributed by atoms with Crippen LogP contribution in [-0.2, 0) is 4.79 Å². The Kier molecular flexibility index (Phi) is 2.87. The van der Waals surface area contributed by atoms with Gasteiger partial charge in [0.05, 0.1) is 6.10 Å². The van der Waals surface area contributed by atoms with E-state index >= 15 is 0 Å². The molecule has 1 aliphatic heterocycles. The molecule has 0 radical (unpaired) electrons. The normalized spacial score (nSPS) is 28.9. The third-order valence-corrected chi connectivity index (χ3v) is 3.06. The SMILES string of the molecule is O=C1C=C(N2CCCC(O)CC2)CC1. The van der Waals surface area contributed by atoms with Gasteiger partial charge in [-0.3, -0.25) is 4.79 Å². The van der Waals surface area contributed by atoms with Crippen LogP contribution in [0.25, 0.3) is 0 Å². The number of carbonyl (C=O) groups excluding carboxylic acids is 1. The molecule has 2 rings (SSSR count). The molecule has 0 spiro atoms. The molecule has 78 valence electrons. The van der Waals surface area contributed by atoms with E-state index in [1.807, 2.05) is 0 Å². The molecule has 0 aromatic rings. The maximum Gasteiger partial charge on any atom is 0.157 e. The van der Waals surface area contributed by atoms with Gasteiger partial charge in [-0.1, -0.05) is 0 Å². The third kappa shape index (κ3) is 2.15. The van der Waals surface area contributed by atoms with Gasteiger partial charge < -0.3 is 10.0 Å². The summed E-state index contributed by atoms with van der Waals surface area (Å²) in [5.74, 6) is 0.254. The van der Waals surface area contributed by atoms with Gasteiger partial charge in [0.25, 0.3) is 0 Å². The first-order valence-corrected chi connectivity index (χ1v) is 5.42. The van der Waals surface area contributed by atoms with Crippen LogP contribution in [0.5, 0.6) is 0 Å². The van der Waals surface area contributed by atoms with Crippen LogP contribution in [0.4, 0.5) is 0 Å². The fourth-order valence-corrected chi connectivity index (χ4v) is 2.20. The topological polar surface area (TPSA) is 40.5 Å². The summed E-state index contributed by atoms with van der Waals surface area (Å²) in [5.41, 5.74) is 1.18. The van der Waals surface area contributed by atoms with Gasteiger partial charge in [-0.15, -0.1) is 0 Å². The van der Waals surface area contributed by atoms with Gasteiger partial charge in [-0.2, -0.15) is 0 Å². The largest absolute Gasteiger partial charge is 0.393 e. The molecule has 3 nitrogen and oxygen atoms in total. The lowest BCUT2D eigenvalue weighted by Crippen LogP contribution is -2.23. The number of aliphatic hydroxyl groups is 1. The Labute approximate surface area is 84.4 Å². The number of aliphatic hydroxyl groups excluding tert-OH is 1. The van der Waals surface area contributed by atoms with Crippen molar-refractivity contribution in [2.24, 2.45) is 0 Å². The average Bonchev–Trinajstić information content (AvgIpc) is 2.46. The fourth-order valence-electron chi connectivity index (χ4n) is 2.20. The molecule has 1 heterocycles. The van der Waals surface area contributed by atoms with Crippen LogP contribution in [0.1, 0.15) is 32.1 Å². The average molecular weight is 195 g/mol. The highest BCUT2D eigenvalue weighted by Crippen LogP contribution is 2.22. The van der Waals surface area contributed by atoms with Crippen molar-refractivity contribution >= 4 is 5.78 Å². The third-order valence-electron chi connectivity index (χ3n) is 3.06. The van der Waals surface area contributed by atoms with E-state index in [9.17, 15) is 9.90 Å². The van der Waals surface area contributed by atoms with Crippen molar-refractivity contribution in [3.63, 3.8) is 0 Å². The predicted molar refractivity (Wildman–Crippen MR) is 53.8 cm³/mol. The molecule has 14 heavy (non-hydrogen) atoms. The molecule has 0 bridgehead atoms. The van der Waals surface area contributed by atoms with Crippen LogP contribution in [0.3, 0.4) is 0 Å². The number of allylic oxidation sites excluding steroid dienone is 2. The zero-order chi connectivity index (χ0) is 9.97. The molecule has 1 unspecified atom stereocenters. The minimum atomic E-state index is -0.141. The number of nitrogens with zero attached hydrogens (tertiary/aromatic N) is 1. The fraction of sp³-hybridized carbons (Fsp3) is 0.727. The summed E-state index contributed by atoms with van der Waals surface area (Å²) in [6, 6.07) is 0. The molecule has 1 saturated heterocycles. The van der Waals surface area contributed by atoms with Crippen molar-refractivity contribution in [2.45, 2.75) is 38.2 Å². The number of rotatable bonds is 1. The van der Waals surface area contributed by atoms with Crippen molar-refractivity contribution in [1.29, 1.82) is 0 Å². The van der Waals surface area contributed by atoms with E-state index in [0.29, 0.717) is 6.42 Å². The van der Waals surface area contributed by atoms with Gasteiger partial charge in [0.1, 0.15) is 0 Å². The minimum absolute atomic E-state index is 0.141. The lowest BCUT2D eigenvalue weighted by atomic mass is 10.2. The van der Waals surface area contributed by atoms with E-state index in [4.69, 9.17) is 0 Å². The Balaban J connectivity index is 1.97. The lowest BCUT2D eigenvalue weighted by Gasteiger charge is -2.23. The summed E-state index contributed by atoms with van der Waals surface area (Å²) in [7, 11) is 0. The second kappa shape index (κ2) is 4.13. The van der Waals surface area contributed by atoms with Gasteiger partial charge in [0.2, 0.25) is 0 Å². The predicted octanol–water partition coefficient (Wildman–Crippen LogP) is 1.08. The first kappa shape index (κ1) is 9.71. The quantitative estimate of drug-likeness (QED) is 0.680. The van der Waals surface area contributed by atoms with Crippen LogP contribution in [0.2, 0.25) is 0 Å². The van der Waals surface area contributed by atoms with E-state index in [1.54, 1.807) is 6.08 Å². The van der Waals surface area contributed by atoms with Crippen LogP contribution in [-0.4, -0.2) is 35.0 Å². The molecule has 1 atom stereocenters. The van der Waals surface area contributed by atoms with Crippen molar-refractivity contribution in [1.82, 2.24) is 4.90 Å². The first-order valence-electron chi connectivity index (χ1n) is 5.42. The summed E-state index contributed by atoms with van der Waals surface area (Å²) < 4.78 is 0. The number of hydrogen-bond acceptors (Lipinski definition) is 3. The van der Waals surface area contributed by atoms with E-state index in [1.165, 1.54) is 5.70 Å². The Bertz CT molecular complexity index is 260. The monoisotopic (exact) mass is 195 g/mol. The van der Waals surface area contributed by atoms with E-state index in [2.05, 4.69) is 4.90 Å². The molecule has 0 saturated carbocycles. The molecular formula is C11H17NO2. The molecule has 2 aliphatic rings. The van der Waals surface area contributed by atoms with Gasteiger partial charge in [-0.25, -0.2) is 0 Å². The molecule has 1 fully saturated rings. The maximum atomic E-state index is 11.1. The number of ketones is 1. The lowest BCUT2D eigenvalue weighted by molar-refractivity contribution is -0.114. The van der Waals surface area contributed by atoms with Crippen LogP contribution >= 0.6 is 0 Å². The molecule has 3 heteroatoms. The van der Waals surface area contributed by atoms with E-state index in [0.717, 1.165) is 38.8 Å². The van der Waals surface area contributed by atoms with E-state index < -0.39 is 0 Å². The van der Waals surface area contributed by atoms with Crippen molar-refractivity contribution in [3.8, 4) is 0 Å². The van der Waals surface area contributed by atoms with Crippen molar-refractivity contribution in [2.75, 3.05) is 13.1 Å². The highest BCUT2D eigenvalue weighted by Gasteiger charge is 2.20. The summed E-state index contributed by atoms with van der Waals surface area (Å²) in [6.45, 7) is 1.90. The van der Waals surface area contributed by atoms with E-state index in [-0.39, 0.29) is 11.9 Å². The van der Waals surface area contributed by atoms with Crippen molar-refractivity contribution in [3.05, 3.63) is 11.8 Å². The van der Waals surface area contributed by atoms with Crippen LogP contribution < -0.4 is 0 Å². The van der Waals surface area contributed by atoms with Crippen LogP contribution in [0, 0.1) is 0 Å². The maximum absolute atomic E-state index is 11.1. The van der Waals surface area contributed by atoms with Gasteiger partial charge in [0, 0.05) is 31.3 Å². The van der Waals surface area contributed by atoms with Gasteiger partial charge >= 0.3 is 0 Å². The van der Waals surface area contributed by atoms with Crippen molar-refractivity contribution < 1.29 is 9.90 Å². The number of hydrogen-bond donors (Lipinski definition) is 1. The second-order valence-corrected chi connectivity index (χ2v) is 4.17. The van der Waals surface area contributed by atoms with Crippen LogP contribution in [0.15, 0.2) is 11.8 Å². The highest BCUT2D eigenvalue weighted by molar-refractivity contribution is 5.92.